The summed E-state index contributed by atoms with van der Waals surface area (Å²) >= 11 is 1.83. The Kier molecular flexibility index (Phi) is 8.42. The first-order valence-corrected chi connectivity index (χ1v) is 12.9. The number of urea groups is 1. The molecule has 2 fully saturated rings. The Bertz CT molecular complexity index is 966. The zero-order valence-corrected chi connectivity index (χ0v) is 20.3. The molecule has 0 N–H and O–H groups in total. The molecule has 2 aliphatic rings. The number of aromatic nitrogens is 2. The van der Waals surface area contributed by atoms with Crippen molar-refractivity contribution in [3.05, 3.63) is 41.5 Å². The second-order valence-corrected chi connectivity index (χ2v) is 9.75. The van der Waals surface area contributed by atoms with Crippen LogP contribution in [0.4, 0.5) is 18.0 Å². The van der Waals surface area contributed by atoms with Crippen LogP contribution in [0.25, 0.3) is 0 Å². The molecule has 2 saturated heterocycles. The quantitative estimate of drug-likeness (QED) is 0.510. The van der Waals surface area contributed by atoms with Gasteiger partial charge in [0.15, 0.2) is 5.82 Å². The highest BCUT2D eigenvalue weighted by atomic mass is 32.2. The van der Waals surface area contributed by atoms with E-state index in [9.17, 15) is 18.0 Å². The number of carbonyl (C=O) groups is 1. The third-order valence-corrected chi connectivity index (χ3v) is 7.04. The van der Waals surface area contributed by atoms with E-state index >= 15 is 0 Å². The first-order valence-electron chi connectivity index (χ1n) is 11.7. The van der Waals surface area contributed by atoms with Crippen LogP contribution in [0.5, 0.6) is 5.75 Å². The molecule has 0 bridgehead atoms. The molecular weight excluding hydrogens is 485 g/mol. The van der Waals surface area contributed by atoms with Gasteiger partial charge in [0.25, 0.3) is 0 Å². The zero-order valence-electron chi connectivity index (χ0n) is 19.5. The van der Waals surface area contributed by atoms with E-state index in [1.165, 1.54) is 12.1 Å². The molecule has 0 spiro atoms. The average Bonchev–Trinajstić information content (AvgIpc) is 3.32. The molecule has 0 aliphatic carbocycles. The fraction of sp³-hybridized carbons (Fsp3) is 0.609. The van der Waals surface area contributed by atoms with Crippen LogP contribution >= 0.6 is 11.8 Å². The summed E-state index contributed by atoms with van der Waals surface area (Å²) in [4.78, 5) is 21.5. The molecule has 0 saturated carbocycles. The van der Waals surface area contributed by atoms with E-state index in [-0.39, 0.29) is 23.6 Å². The predicted molar refractivity (Wildman–Crippen MR) is 124 cm³/mol. The van der Waals surface area contributed by atoms with Gasteiger partial charge >= 0.3 is 12.4 Å². The first-order chi connectivity index (χ1) is 16.8. The molecular formula is C23H29F3N4O4S. The predicted octanol–water partition coefficient (Wildman–Crippen LogP) is 4.29. The van der Waals surface area contributed by atoms with E-state index < -0.39 is 6.36 Å². The lowest BCUT2D eigenvalue weighted by Gasteiger charge is -2.40. The van der Waals surface area contributed by atoms with Crippen LogP contribution in [0.1, 0.15) is 42.5 Å². The van der Waals surface area contributed by atoms with Crippen LogP contribution in [0.3, 0.4) is 0 Å². The molecule has 12 heteroatoms. The van der Waals surface area contributed by atoms with Gasteiger partial charge in [-0.05, 0) is 31.0 Å². The summed E-state index contributed by atoms with van der Waals surface area (Å²) in [5, 5.41) is 4.06. The molecule has 1 aromatic heterocycles. The number of halogens is 3. The maximum absolute atomic E-state index is 13.3. The number of amides is 2. The number of hydrogen-bond acceptors (Lipinski definition) is 7. The minimum atomic E-state index is -4.74. The number of piperidine rings is 1. The van der Waals surface area contributed by atoms with Crippen molar-refractivity contribution in [2.24, 2.45) is 0 Å². The second-order valence-electron chi connectivity index (χ2n) is 8.53. The van der Waals surface area contributed by atoms with Crippen molar-refractivity contribution in [2.75, 3.05) is 50.9 Å². The topological polar surface area (TPSA) is 80.9 Å². The van der Waals surface area contributed by atoms with E-state index in [4.69, 9.17) is 9.26 Å². The largest absolute Gasteiger partial charge is 0.573 e. The smallest absolute Gasteiger partial charge is 0.406 e. The molecule has 2 aromatic rings. The summed E-state index contributed by atoms with van der Waals surface area (Å²) in [5.41, 5.74) is 0.826. The standard InChI is InChI=1S/C23H29F3N4O4S/c1-2-32-10-7-20-27-21(34-28-20)18-13-17(16-3-5-19(6-4-16)33-23(24,25)26)14-30(15-18)22(31)29-8-11-35-12-9-29/h3-6,17-18H,2,7-15H2,1H3. The van der Waals surface area contributed by atoms with Gasteiger partial charge in [0.05, 0.1) is 12.5 Å². The van der Waals surface area contributed by atoms with Gasteiger partial charge in [-0.3, -0.25) is 0 Å². The number of thioether (sulfide) groups is 1. The number of carbonyl (C=O) groups excluding carboxylic acids is 1. The Hall–Kier alpha value is -2.47. The van der Waals surface area contributed by atoms with E-state index in [2.05, 4.69) is 14.9 Å². The average molecular weight is 515 g/mol. The number of nitrogens with zero attached hydrogens (tertiary/aromatic N) is 4. The third kappa shape index (κ3) is 7.03. The van der Waals surface area contributed by atoms with Crippen molar-refractivity contribution in [1.29, 1.82) is 0 Å². The third-order valence-electron chi connectivity index (χ3n) is 6.09. The summed E-state index contributed by atoms with van der Waals surface area (Å²) in [7, 11) is 0. The maximum atomic E-state index is 13.3. The molecule has 2 unspecified atom stereocenters. The van der Waals surface area contributed by atoms with E-state index in [1.807, 2.05) is 23.6 Å². The van der Waals surface area contributed by atoms with Crippen molar-refractivity contribution >= 4 is 17.8 Å². The normalized spacial score (nSPS) is 21.3. The summed E-state index contributed by atoms with van der Waals surface area (Å²) in [6.45, 7) is 5.31. The van der Waals surface area contributed by atoms with Gasteiger partial charge < -0.3 is 23.8 Å². The van der Waals surface area contributed by atoms with Crippen LogP contribution in [0.2, 0.25) is 0 Å². The van der Waals surface area contributed by atoms with Gasteiger partial charge in [0.1, 0.15) is 5.75 Å². The van der Waals surface area contributed by atoms with Gasteiger partial charge in [0.2, 0.25) is 5.89 Å². The highest BCUT2D eigenvalue weighted by molar-refractivity contribution is 7.99. The highest BCUT2D eigenvalue weighted by Crippen LogP contribution is 2.37. The van der Waals surface area contributed by atoms with Gasteiger partial charge in [-0.2, -0.15) is 16.7 Å². The van der Waals surface area contributed by atoms with E-state index in [1.54, 1.807) is 17.0 Å². The van der Waals surface area contributed by atoms with Crippen molar-refractivity contribution in [2.45, 2.75) is 38.0 Å². The summed E-state index contributed by atoms with van der Waals surface area (Å²) in [6.07, 6.45) is -3.58. The number of alkyl halides is 3. The van der Waals surface area contributed by atoms with Gasteiger partial charge in [-0.25, -0.2) is 4.79 Å². The molecule has 3 heterocycles. The minimum absolute atomic E-state index is 0.0342. The second kappa shape index (κ2) is 11.5. The molecule has 8 nitrogen and oxygen atoms in total. The lowest BCUT2D eigenvalue weighted by atomic mass is 9.84. The Morgan fingerprint density at radius 3 is 2.54 bits per heavy atom. The van der Waals surface area contributed by atoms with Crippen molar-refractivity contribution < 1.29 is 32.0 Å². The Morgan fingerprint density at radius 2 is 1.86 bits per heavy atom. The van der Waals surface area contributed by atoms with Crippen LogP contribution in [0, 0.1) is 0 Å². The molecule has 4 rings (SSSR count). The SMILES string of the molecule is CCOCCc1noc(C2CC(c3ccc(OC(F)(F)F)cc3)CN(C(=O)N3CCSCC3)C2)n1. The molecule has 192 valence electrons. The maximum Gasteiger partial charge on any atom is 0.573 e. The number of likely N-dealkylation sites (tertiary alicyclic amines) is 1. The fourth-order valence-electron chi connectivity index (χ4n) is 4.41. The number of rotatable bonds is 7. The molecule has 1 aromatic carbocycles. The Balaban J connectivity index is 1.52. The van der Waals surface area contributed by atoms with Crippen LogP contribution < -0.4 is 4.74 Å². The van der Waals surface area contributed by atoms with E-state index in [0.29, 0.717) is 63.9 Å². The summed E-state index contributed by atoms with van der Waals surface area (Å²) in [5.74, 6) is 2.26. The van der Waals surface area contributed by atoms with E-state index in [0.717, 1.165) is 17.1 Å². The number of hydrogen-bond donors (Lipinski definition) is 0. The Morgan fingerprint density at radius 1 is 1.14 bits per heavy atom. The van der Waals surface area contributed by atoms with Crippen molar-refractivity contribution in [1.82, 2.24) is 19.9 Å². The van der Waals surface area contributed by atoms with Crippen LogP contribution in [-0.2, 0) is 11.2 Å². The molecule has 0 radical (unpaired) electrons. The molecule has 2 aliphatic heterocycles. The van der Waals surface area contributed by atoms with Crippen molar-refractivity contribution in [3.63, 3.8) is 0 Å². The highest BCUT2D eigenvalue weighted by Gasteiger charge is 2.37. The van der Waals surface area contributed by atoms with Crippen LogP contribution in [0.15, 0.2) is 28.8 Å². The minimum Gasteiger partial charge on any atom is -0.406 e. The molecule has 2 atom stereocenters. The monoisotopic (exact) mass is 514 g/mol. The number of benzene rings is 1. The van der Waals surface area contributed by atoms with Crippen molar-refractivity contribution in [3.8, 4) is 5.75 Å². The fourth-order valence-corrected chi connectivity index (χ4v) is 5.32. The lowest BCUT2D eigenvalue weighted by molar-refractivity contribution is -0.274. The zero-order chi connectivity index (χ0) is 24.8. The summed E-state index contributed by atoms with van der Waals surface area (Å²) < 4.78 is 52.6. The Labute approximate surface area is 206 Å². The van der Waals surface area contributed by atoms with Crippen LogP contribution in [-0.4, -0.2) is 83.2 Å². The first kappa shape index (κ1) is 25.6. The number of ether oxygens (including phenoxy) is 2. The molecule has 35 heavy (non-hydrogen) atoms. The van der Waals surface area contributed by atoms with Gasteiger partial charge in [-0.1, -0.05) is 17.3 Å². The lowest BCUT2D eigenvalue weighted by Crippen LogP contribution is -2.51. The summed E-state index contributed by atoms with van der Waals surface area (Å²) in [6, 6.07) is 5.82. The molecule has 2 amide bonds. The van der Waals surface area contributed by atoms with Gasteiger partial charge in [-0.15, -0.1) is 13.2 Å². The van der Waals surface area contributed by atoms with Gasteiger partial charge in [0, 0.05) is 56.6 Å².